The zero-order chi connectivity index (χ0) is 21.4. The Kier molecular flexibility index (Phi) is 10.5. The molecular weight excluding hydrogens is 523 g/mol. The zero-order valence-electron chi connectivity index (χ0n) is 18.9. The number of methoxy groups -OCH3 is 1. The van der Waals surface area contributed by atoms with Crippen LogP contribution in [0.25, 0.3) is 0 Å². The van der Waals surface area contributed by atoms with Crippen molar-refractivity contribution in [3.8, 4) is 5.75 Å². The Morgan fingerprint density at radius 1 is 1.19 bits per heavy atom. The summed E-state index contributed by atoms with van der Waals surface area (Å²) in [5.74, 6) is 1.70. The lowest BCUT2D eigenvalue weighted by molar-refractivity contribution is 0.0177. The lowest BCUT2D eigenvalue weighted by Gasteiger charge is -2.34. The molecule has 2 aromatic rings. The van der Waals surface area contributed by atoms with Crippen LogP contribution in [0.2, 0.25) is 0 Å². The SMILES string of the molecule is CN=C(NCC(c1cccs1)N1CCOCC1)NCC(C)(C)c1ccc(OC)cc1.I. The maximum absolute atomic E-state index is 5.54. The number of halogens is 1. The number of hydrogen-bond acceptors (Lipinski definition) is 5. The summed E-state index contributed by atoms with van der Waals surface area (Å²) in [4.78, 5) is 8.32. The number of ether oxygens (including phenoxy) is 2. The average molecular weight is 559 g/mol. The molecule has 0 saturated carbocycles. The minimum absolute atomic E-state index is 0. The molecule has 6 nitrogen and oxygen atoms in total. The number of rotatable bonds is 8. The minimum atomic E-state index is -0.0404. The van der Waals surface area contributed by atoms with E-state index in [-0.39, 0.29) is 29.4 Å². The van der Waals surface area contributed by atoms with Crippen LogP contribution in [-0.4, -0.2) is 64.4 Å². The van der Waals surface area contributed by atoms with Gasteiger partial charge in [-0.05, 0) is 29.1 Å². The van der Waals surface area contributed by atoms with Crippen LogP contribution in [0, 0.1) is 0 Å². The van der Waals surface area contributed by atoms with Crippen molar-refractivity contribution in [1.82, 2.24) is 15.5 Å². The van der Waals surface area contributed by atoms with Crippen molar-refractivity contribution in [2.75, 3.05) is 53.6 Å². The highest BCUT2D eigenvalue weighted by atomic mass is 127. The number of hydrogen-bond donors (Lipinski definition) is 2. The highest BCUT2D eigenvalue weighted by Crippen LogP contribution is 2.26. The number of nitrogens with zero attached hydrogens (tertiary/aromatic N) is 2. The fraction of sp³-hybridized carbons (Fsp3) is 0.522. The second kappa shape index (κ2) is 12.6. The second-order valence-electron chi connectivity index (χ2n) is 8.10. The molecule has 1 aromatic heterocycles. The van der Waals surface area contributed by atoms with Crippen LogP contribution in [0.5, 0.6) is 5.75 Å². The van der Waals surface area contributed by atoms with Gasteiger partial charge in [-0.3, -0.25) is 9.89 Å². The Morgan fingerprint density at radius 3 is 2.48 bits per heavy atom. The molecule has 2 heterocycles. The zero-order valence-corrected chi connectivity index (χ0v) is 22.0. The van der Waals surface area contributed by atoms with Crippen molar-refractivity contribution >= 4 is 41.3 Å². The van der Waals surface area contributed by atoms with E-state index in [1.807, 2.05) is 30.5 Å². The van der Waals surface area contributed by atoms with Gasteiger partial charge in [-0.15, -0.1) is 35.3 Å². The fourth-order valence-corrected chi connectivity index (χ4v) is 4.50. The molecule has 2 N–H and O–H groups in total. The monoisotopic (exact) mass is 558 g/mol. The Hall–Kier alpha value is -1.36. The average Bonchev–Trinajstić information content (AvgIpc) is 3.31. The first-order valence-electron chi connectivity index (χ1n) is 10.5. The van der Waals surface area contributed by atoms with Crippen LogP contribution in [-0.2, 0) is 10.2 Å². The Bertz CT molecular complexity index is 790. The minimum Gasteiger partial charge on any atom is -0.497 e. The molecule has 0 spiro atoms. The molecule has 0 radical (unpaired) electrons. The smallest absolute Gasteiger partial charge is 0.191 e. The summed E-state index contributed by atoms with van der Waals surface area (Å²) >= 11 is 1.81. The summed E-state index contributed by atoms with van der Waals surface area (Å²) in [6.45, 7) is 9.56. The molecule has 0 aliphatic carbocycles. The lowest BCUT2D eigenvalue weighted by atomic mass is 9.84. The van der Waals surface area contributed by atoms with E-state index in [4.69, 9.17) is 9.47 Å². The van der Waals surface area contributed by atoms with E-state index in [0.29, 0.717) is 6.04 Å². The maximum atomic E-state index is 5.54. The van der Waals surface area contributed by atoms with Crippen molar-refractivity contribution in [1.29, 1.82) is 0 Å². The molecule has 172 valence electrons. The molecule has 3 rings (SSSR count). The van der Waals surface area contributed by atoms with Crippen molar-refractivity contribution in [3.63, 3.8) is 0 Å². The number of aliphatic imine (C=N–C) groups is 1. The summed E-state index contributed by atoms with van der Waals surface area (Å²) in [7, 11) is 3.52. The molecule has 1 aliphatic rings. The van der Waals surface area contributed by atoms with Gasteiger partial charge < -0.3 is 20.1 Å². The highest BCUT2D eigenvalue weighted by molar-refractivity contribution is 14.0. The van der Waals surface area contributed by atoms with E-state index in [2.05, 4.69) is 64.0 Å². The van der Waals surface area contributed by atoms with Crippen molar-refractivity contribution < 1.29 is 9.47 Å². The van der Waals surface area contributed by atoms with Crippen molar-refractivity contribution in [2.45, 2.75) is 25.3 Å². The molecule has 1 fully saturated rings. The molecule has 1 atom stereocenters. The van der Waals surface area contributed by atoms with E-state index in [0.717, 1.165) is 51.1 Å². The first-order chi connectivity index (χ1) is 14.5. The summed E-state index contributed by atoms with van der Waals surface area (Å²) < 4.78 is 10.8. The number of benzene rings is 1. The summed E-state index contributed by atoms with van der Waals surface area (Å²) in [5.41, 5.74) is 1.22. The number of nitrogens with one attached hydrogen (secondary N) is 2. The molecule has 1 saturated heterocycles. The lowest BCUT2D eigenvalue weighted by Crippen LogP contribution is -2.48. The van der Waals surface area contributed by atoms with Crippen molar-refractivity contribution in [3.05, 3.63) is 52.2 Å². The molecule has 0 bridgehead atoms. The van der Waals surface area contributed by atoms with Crippen LogP contribution < -0.4 is 15.4 Å². The normalized spacial score (nSPS) is 16.3. The van der Waals surface area contributed by atoms with E-state index >= 15 is 0 Å². The molecule has 1 aromatic carbocycles. The standard InChI is InChI=1S/C23H34N4O2S.HI/c1-23(2,18-7-9-19(28-4)10-8-18)17-26-22(24-3)25-16-20(21-6-5-15-30-21)27-11-13-29-14-12-27;/h5-10,15,20H,11-14,16-17H2,1-4H3,(H2,24,25,26);1H. The Labute approximate surface area is 207 Å². The largest absolute Gasteiger partial charge is 0.497 e. The molecule has 0 amide bonds. The van der Waals surface area contributed by atoms with Gasteiger partial charge in [0.15, 0.2) is 5.96 Å². The third-order valence-corrected chi connectivity index (χ3v) is 6.59. The van der Waals surface area contributed by atoms with Gasteiger partial charge in [0.05, 0.1) is 26.4 Å². The van der Waals surface area contributed by atoms with Crippen LogP contribution >= 0.6 is 35.3 Å². The first-order valence-corrected chi connectivity index (χ1v) is 11.4. The Balaban J connectivity index is 0.00000341. The van der Waals surface area contributed by atoms with Gasteiger partial charge in [0.2, 0.25) is 0 Å². The third kappa shape index (κ3) is 7.34. The predicted molar refractivity (Wildman–Crippen MR) is 140 cm³/mol. The molecule has 1 aliphatic heterocycles. The van der Waals surface area contributed by atoms with Crippen LogP contribution in [0.3, 0.4) is 0 Å². The van der Waals surface area contributed by atoms with Gasteiger partial charge in [-0.1, -0.05) is 32.0 Å². The van der Waals surface area contributed by atoms with E-state index in [9.17, 15) is 0 Å². The fourth-order valence-electron chi connectivity index (χ4n) is 3.64. The van der Waals surface area contributed by atoms with Gasteiger partial charge in [0, 0.05) is 43.5 Å². The number of morpholine rings is 1. The van der Waals surface area contributed by atoms with E-state index in [1.165, 1.54) is 10.4 Å². The number of guanidine groups is 1. The van der Waals surface area contributed by atoms with Gasteiger partial charge in [-0.25, -0.2) is 0 Å². The molecule has 1 unspecified atom stereocenters. The quantitative estimate of drug-likeness (QED) is 0.293. The van der Waals surface area contributed by atoms with Gasteiger partial charge in [-0.2, -0.15) is 0 Å². The van der Waals surface area contributed by atoms with Crippen LogP contribution in [0.15, 0.2) is 46.8 Å². The van der Waals surface area contributed by atoms with Gasteiger partial charge in [0.1, 0.15) is 5.75 Å². The highest BCUT2D eigenvalue weighted by Gasteiger charge is 2.25. The van der Waals surface area contributed by atoms with E-state index in [1.54, 1.807) is 7.11 Å². The topological polar surface area (TPSA) is 58.1 Å². The first kappa shape index (κ1) is 25.9. The summed E-state index contributed by atoms with van der Waals surface area (Å²) in [6, 6.07) is 12.9. The molecular formula is C23H35IN4O2S. The molecule has 8 heteroatoms. The van der Waals surface area contributed by atoms with E-state index < -0.39 is 0 Å². The predicted octanol–water partition coefficient (Wildman–Crippen LogP) is 3.89. The van der Waals surface area contributed by atoms with Gasteiger partial charge >= 0.3 is 0 Å². The van der Waals surface area contributed by atoms with Crippen molar-refractivity contribution in [2.24, 2.45) is 4.99 Å². The van der Waals surface area contributed by atoms with Gasteiger partial charge in [0.25, 0.3) is 0 Å². The van der Waals surface area contributed by atoms with Crippen LogP contribution in [0.4, 0.5) is 0 Å². The summed E-state index contributed by atoms with van der Waals surface area (Å²) in [5, 5.41) is 9.19. The summed E-state index contributed by atoms with van der Waals surface area (Å²) in [6.07, 6.45) is 0. The Morgan fingerprint density at radius 2 is 1.90 bits per heavy atom. The second-order valence-corrected chi connectivity index (χ2v) is 9.08. The molecule has 31 heavy (non-hydrogen) atoms. The maximum Gasteiger partial charge on any atom is 0.191 e. The van der Waals surface area contributed by atoms with Crippen LogP contribution in [0.1, 0.15) is 30.3 Å². The number of thiophene rings is 1. The third-order valence-electron chi connectivity index (χ3n) is 5.61.